The molecule has 0 aromatic heterocycles. The zero-order valence-corrected chi connectivity index (χ0v) is 38.3. The van der Waals surface area contributed by atoms with E-state index >= 15 is 0 Å². The van der Waals surface area contributed by atoms with Crippen LogP contribution in [0.15, 0.2) is 134 Å². The number of hydrogen-bond donors (Lipinski definition) is 3. The van der Waals surface area contributed by atoms with Gasteiger partial charge in [-0.2, -0.15) is 0 Å². The Bertz CT molecular complexity index is 1550. The summed E-state index contributed by atoms with van der Waals surface area (Å²) in [5.41, 5.74) is 5.33. The average molecular weight is 882 g/mol. The van der Waals surface area contributed by atoms with Gasteiger partial charge in [-0.1, -0.05) is 154 Å². The third-order valence-corrected chi connectivity index (χ3v) is 9.36. The van der Waals surface area contributed by atoms with Crippen LogP contribution < -0.4 is 5.73 Å². The fourth-order valence-corrected chi connectivity index (χ4v) is 5.78. The lowest BCUT2D eigenvalue weighted by Crippen LogP contribution is -2.34. The maximum absolute atomic E-state index is 12.6. The van der Waals surface area contributed by atoms with Crippen molar-refractivity contribution in [1.82, 2.24) is 0 Å². The van der Waals surface area contributed by atoms with Gasteiger partial charge in [-0.3, -0.25) is 23.4 Å². The molecule has 11 nitrogen and oxygen atoms in total. The van der Waals surface area contributed by atoms with Crippen LogP contribution in [0.25, 0.3) is 0 Å². The fraction of sp³-hybridized carbons (Fsp3) is 0.500. The number of esters is 2. The van der Waals surface area contributed by atoms with Crippen molar-refractivity contribution in [3.8, 4) is 0 Å². The van der Waals surface area contributed by atoms with E-state index in [1.165, 1.54) is 0 Å². The number of phosphoric ester groups is 1. The first kappa shape index (κ1) is 57.6. The van der Waals surface area contributed by atoms with Crippen LogP contribution in [0.2, 0.25) is 0 Å². The standard InChI is InChI=1S/C50H76NO10P/c1-3-5-7-9-11-13-15-17-19-21-23-25-27-29-31-33-35-37-39-41-48(52)58-43-46(44-59-62(56,57)60-45-47(51)50(54)55)61-49(53)42-40-38-36-34-32-30-28-26-24-22-20-18-16-14-12-10-8-6-4-2/h5-8,11-14,17-20,23-26,29-32,35,37,46-47H,3-4,9-10,15-16,21-22,27-28,33-34,36,38-45,51H2,1-2H3,(H,54,55)(H,56,57)/b7-5+,8-6+,13-11+,14-12+,19-17+,20-18+,25-23+,26-24+,31-29+,32-30+,37-35+/t46-,47+/m1/s1. The highest BCUT2D eigenvalue weighted by Crippen LogP contribution is 2.43. The molecule has 0 spiro atoms. The molecule has 0 aliphatic rings. The van der Waals surface area contributed by atoms with Gasteiger partial charge in [0.05, 0.1) is 13.2 Å². The SMILES string of the molecule is CC/C=C/C/C=C/C/C=C/C/C=C/C/C=C/C/C=C/CCC(=O)OC[C@H](COP(=O)(O)OC[C@H](N)C(=O)O)OC(=O)CCCCC/C=C/C/C=C/C/C=C/C/C=C/C/C=C/CC. The van der Waals surface area contributed by atoms with Crippen LogP contribution in [0.3, 0.4) is 0 Å². The Kier molecular flexibility index (Phi) is 40.2. The molecule has 0 aromatic carbocycles. The molecule has 4 N–H and O–H groups in total. The lowest BCUT2D eigenvalue weighted by atomic mass is 10.1. The van der Waals surface area contributed by atoms with Crippen molar-refractivity contribution in [2.75, 3.05) is 19.8 Å². The minimum absolute atomic E-state index is 0.0796. The summed E-state index contributed by atoms with van der Waals surface area (Å²) in [6, 6.07) is -1.55. The van der Waals surface area contributed by atoms with E-state index in [0.29, 0.717) is 12.8 Å². The molecular weight excluding hydrogens is 806 g/mol. The first-order valence-electron chi connectivity index (χ1n) is 22.2. The fourth-order valence-electron chi connectivity index (χ4n) is 5.00. The summed E-state index contributed by atoms with van der Waals surface area (Å²) in [4.78, 5) is 46.0. The number of carbonyl (C=O) groups excluding carboxylic acids is 2. The van der Waals surface area contributed by atoms with Crippen molar-refractivity contribution in [2.24, 2.45) is 5.73 Å². The molecule has 0 aliphatic heterocycles. The Hall–Kier alpha value is -4.38. The Labute approximate surface area is 372 Å². The van der Waals surface area contributed by atoms with E-state index in [1.54, 1.807) is 0 Å². The van der Waals surface area contributed by atoms with Gasteiger partial charge in [0.1, 0.15) is 12.6 Å². The molecule has 0 saturated carbocycles. The van der Waals surface area contributed by atoms with Crippen LogP contribution in [0.1, 0.15) is 129 Å². The van der Waals surface area contributed by atoms with Crippen LogP contribution in [-0.2, 0) is 37.5 Å². The van der Waals surface area contributed by atoms with E-state index in [2.05, 4.69) is 140 Å². The smallest absolute Gasteiger partial charge is 0.472 e. The predicted octanol–water partition coefficient (Wildman–Crippen LogP) is 12.2. The molecule has 0 aromatic rings. The number of nitrogens with two attached hydrogens (primary N) is 1. The molecule has 62 heavy (non-hydrogen) atoms. The average Bonchev–Trinajstić information content (AvgIpc) is 3.25. The molecule has 0 fully saturated rings. The van der Waals surface area contributed by atoms with E-state index in [1.807, 2.05) is 12.2 Å². The van der Waals surface area contributed by atoms with Gasteiger partial charge in [0.25, 0.3) is 0 Å². The molecule has 0 radical (unpaired) electrons. The Morgan fingerprint density at radius 1 is 0.500 bits per heavy atom. The van der Waals surface area contributed by atoms with Crippen molar-refractivity contribution in [2.45, 2.75) is 142 Å². The predicted molar refractivity (Wildman–Crippen MR) is 253 cm³/mol. The summed E-state index contributed by atoms with van der Waals surface area (Å²) in [6.07, 6.45) is 59.6. The first-order valence-corrected chi connectivity index (χ1v) is 23.7. The van der Waals surface area contributed by atoms with Gasteiger partial charge in [0.15, 0.2) is 6.10 Å². The number of carbonyl (C=O) groups is 3. The second-order valence-electron chi connectivity index (χ2n) is 14.1. The van der Waals surface area contributed by atoms with Crippen LogP contribution in [-0.4, -0.2) is 59.9 Å². The highest BCUT2D eigenvalue weighted by Gasteiger charge is 2.28. The number of hydrogen-bond acceptors (Lipinski definition) is 9. The molecule has 346 valence electrons. The molecule has 12 heteroatoms. The zero-order chi connectivity index (χ0) is 45.6. The van der Waals surface area contributed by atoms with E-state index in [9.17, 15) is 23.8 Å². The monoisotopic (exact) mass is 882 g/mol. The van der Waals surface area contributed by atoms with E-state index in [-0.39, 0.29) is 12.8 Å². The second kappa shape index (κ2) is 43.3. The molecule has 0 rings (SSSR count). The quantitative estimate of drug-likeness (QED) is 0.0232. The summed E-state index contributed by atoms with van der Waals surface area (Å²) in [5.74, 6) is -2.55. The van der Waals surface area contributed by atoms with Crippen molar-refractivity contribution in [3.63, 3.8) is 0 Å². The molecule has 3 atom stereocenters. The van der Waals surface area contributed by atoms with Crippen LogP contribution in [0, 0.1) is 0 Å². The van der Waals surface area contributed by atoms with Gasteiger partial charge in [-0.05, 0) is 96.3 Å². The number of aliphatic carboxylic acids is 1. The minimum atomic E-state index is -4.76. The van der Waals surface area contributed by atoms with Gasteiger partial charge >= 0.3 is 25.7 Å². The number of ether oxygens (including phenoxy) is 2. The van der Waals surface area contributed by atoms with Crippen molar-refractivity contribution < 1.29 is 47.5 Å². The minimum Gasteiger partial charge on any atom is -0.480 e. The largest absolute Gasteiger partial charge is 0.480 e. The summed E-state index contributed by atoms with van der Waals surface area (Å²) < 4.78 is 32.6. The van der Waals surface area contributed by atoms with Gasteiger partial charge in [0, 0.05) is 12.8 Å². The molecule has 0 aliphatic carbocycles. The summed E-state index contributed by atoms with van der Waals surface area (Å²) in [5, 5.41) is 8.90. The van der Waals surface area contributed by atoms with Crippen molar-refractivity contribution in [3.05, 3.63) is 134 Å². The van der Waals surface area contributed by atoms with E-state index < -0.39 is 57.7 Å². The van der Waals surface area contributed by atoms with E-state index in [0.717, 1.165) is 89.9 Å². The molecular formula is C50H76NO10P. The van der Waals surface area contributed by atoms with E-state index in [4.69, 9.17) is 24.8 Å². The number of carboxylic acid groups (broad SMARTS) is 1. The normalized spacial score (nSPS) is 14.9. The number of allylic oxidation sites excluding steroid dienone is 22. The van der Waals surface area contributed by atoms with Gasteiger partial charge in [-0.25, -0.2) is 4.57 Å². The van der Waals surface area contributed by atoms with Gasteiger partial charge in [0.2, 0.25) is 0 Å². The Morgan fingerprint density at radius 3 is 1.31 bits per heavy atom. The Balaban J connectivity index is 4.57. The number of rotatable bonds is 39. The number of carboxylic acids is 1. The molecule has 1 unspecified atom stereocenters. The lowest BCUT2D eigenvalue weighted by Gasteiger charge is -2.20. The Morgan fingerprint density at radius 2 is 0.887 bits per heavy atom. The van der Waals surface area contributed by atoms with Crippen LogP contribution in [0.5, 0.6) is 0 Å². The summed E-state index contributed by atoms with van der Waals surface area (Å²) in [7, 11) is -4.76. The maximum atomic E-state index is 12.6. The highest BCUT2D eigenvalue weighted by molar-refractivity contribution is 7.47. The third-order valence-electron chi connectivity index (χ3n) is 8.41. The molecule has 0 bridgehead atoms. The first-order chi connectivity index (χ1) is 30.1. The summed E-state index contributed by atoms with van der Waals surface area (Å²) in [6.45, 7) is 2.44. The number of phosphoric acid groups is 1. The van der Waals surface area contributed by atoms with Gasteiger partial charge < -0.3 is 25.2 Å². The van der Waals surface area contributed by atoms with Crippen LogP contribution >= 0.6 is 7.82 Å². The topological polar surface area (TPSA) is 172 Å². The number of unbranched alkanes of at least 4 members (excludes halogenated alkanes) is 3. The molecule has 0 amide bonds. The van der Waals surface area contributed by atoms with Gasteiger partial charge in [-0.15, -0.1) is 0 Å². The maximum Gasteiger partial charge on any atom is 0.472 e. The second-order valence-corrected chi connectivity index (χ2v) is 15.5. The van der Waals surface area contributed by atoms with Crippen LogP contribution in [0.4, 0.5) is 0 Å². The molecule has 0 heterocycles. The van der Waals surface area contributed by atoms with Crippen molar-refractivity contribution >= 4 is 25.7 Å². The summed E-state index contributed by atoms with van der Waals surface area (Å²) >= 11 is 0. The zero-order valence-electron chi connectivity index (χ0n) is 37.4. The lowest BCUT2D eigenvalue weighted by molar-refractivity contribution is -0.161. The third kappa shape index (κ3) is 42.3. The molecule has 0 saturated heterocycles. The highest BCUT2D eigenvalue weighted by atomic mass is 31.2. The van der Waals surface area contributed by atoms with Crippen molar-refractivity contribution in [1.29, 1.82) is 0 Å².